The molecular formula is C15H23NO2. The summed E-state index contributed by atoms with van der Waals surface area (Å²) in [6, 6.07) is 5.87. The Kier molecular flexibility index (Phi) is 6.77. The normalized spacial score (nSPS) is 9.89. The van der Waals surface area contributed by atoms with Crippen LogP contribution in [0.4, 0.5) is 5.69 Å². The molecule has 0 unspecified atom stereocenters. The van der Waals surface area contributed by atoms with Crippen LogP contribution in [0, 0.1) is 0 Å². The Balaban J connectivity index is 2.68. The van der Waals surface area contributed by atoms with E-state index in [9.17, 15) is 0 Å². The Bertz CT molecular complexity index is 364. The third-order valence-corrected chi connectivity index (χ3v) is 2.46. The molecule has 3 nitrogen and oxygen atoms in total. The number of nitrogens with one attached hydrogen (secondary N) is 1. The van der Waals surface area contributed by atoms with Crippen LogP contribution in [0.5, 0.6) is 11.5 Å². The highest BCUT2D eigenvalue weighted by Crippen LogP contribution is 2.29. The maximum Gasteiger partial charge on any atom is 0.142 e. The standard InChI is InChI=1S/C15H23NO2/c1-4-7-8-11-16-14-12-13(17-5-2)9-10-15(14)18-6-3/h4,9-10,12,16H,1,5-8,11H2,2-3H3. The first kappa shape index (κ1) is 14.4. The molecule has 1 aromatic rings. The van der Waals surface area contributed by atoms with Crippen LogP contribution in [0.25, 0.3) is 0 Å². The van der Waals surface area contributed by atoms with Gasteiger partial charge >= 0.3 is 0 Å². The van der Waals surface area contributed by atoms with Gasteiger partial charge in [0.1, 0.15) is 11.5 Å². The second-order valence-electron chi connectivity index (χ2n) is 3.88. The van der Waals surface area contributed by atoms with Crippen LogP contribution in [0.15, 0.2) is 30.9 Å². The smallest absolute Gasteiger partial charge is 0.142 e. The highest BCUT2D eigenvalue weighted by Gasteiger charge is 2.05. The molecule has 0 atom stereocenters. The van der Waals surface area contributed by atoms with Gasteiger partial charge in [-0.2, -0.15) is 0 Å². The largest absolute Gasteiger partial charge is 0.494 e. The Hall–Kier alpha value is -1.64. The second kappa shape index (κ2) is 8.45. The van der Waals surface area contributed by atoms with E-state index < -0.39 is 0 Å². The molecule has 0 fully saturated rings. The van der Waals surface area contributed by atoms with Crippen molar-refractivity contribution in [2.75, 3.05) is 25.1 Å². The molecule has 0 aliphatic rings. The molecule has 0 radical (unpaired) electrons. The lowest BCUT2D eigenvalue weighted by Gasteiger charge is -2.14. The zero-order valence-electron chi connectivity index (χ0n) is 11.4. The van der Waals surface area contributed by atoms with Gasteiger partial charge in [-0.3, -0.25) is 0 Å². The minimum Gasteiger partial charge on any atom is -0.494 e. The van der Waals surface area contributed by atoms with Crippen molar-refractivity contribution in [3.8, 4) is 11.5 Å². The summed E-state index contributed by atoms with van der Waals surface area (Å²) in [7, 11) is 0. The van der Waals surface area contributed by atoms with Crippen LogP contribution in [0.2, 0.25) is 0 Å². The highest BCUT2D eigenvalue weighted by atomic mass is 16.5. The maximum absolute atomic E-state index is 5.59. The molecule has 0 heterocycles. The van der Waals surface area contributed by atoms with Crippen molar-refractivity contribution in [1.29, 1.82) is 0 Å². The molecule has 18 heavy (non-hydrogen) atoms. The number of anilines is 1. The van der Waals surface area contributed by atoms with E-state index in [-0.39, 0.29) is 0 Å². The van der Waals surface area contributed by atoms with Gasteiger partial charge in [-0.05, 0) is 38.8 Å². The van der Waals surface area contributed by atoms with Gasteiger partial charge in [-0.25, -0.2) is 0 Å². The van der Waals surface area contributed by atoms with Crippen LogP contribution in [-0.4, -0.2) is 19.8 Å². The topological polar surface area (TPSA) is 30.5 Å². The Morgan fingerprint density at radius 2 is 2.00 bits per heavy atom. The van der Waals surface area contributed by atoms with Gasteiger partial charge in [0.25, 0.3) is 0 Å². The van der Waals surface area contributed by atoms with Gasteiger partial charge < -0.3 is 14.8 Å². The van der Waals surface area contributed by atoms with Crippen molar-refractivity contribution >= 4 is 5.69 Å². The lowest BCUT2D eigenvalue weighted by molar-refractivity contribution is 0.332. The number of hydrogen-bond donors (Lipinski definition) is 1. The summed E-state index contributed by atoms with van der Waals surface area (Å²) in [5.41, 5.74) is 0.992. The molecule has 1 rings (SSSR count). The number of hydrogen-bond acceptors (Lipinski definition) is 3. The van der Waals surface area contributed by atoms with Crippen LogP contribution in [0.1, 0.15) is 26.7 Å². The van der Waals surface area contributed by atoms with E-state index in [1.54, 1.807) is 0 Å². The summed E-state index contributed by atoms with van der Waals surface area (Å²) in [5.74, 6) is 1.74. The summed E-state index contributed by atoms with van der Waals surface area (Å²) in [4.78, 5) is 0. The minimum atomic E-state index is 0.662. The van der Waals surface area contributed by atoms with E-state index in [4.69, 9.17) is 9.47 Å². The Morgan fingerprint density at radius 3 is 2.67 bits per heavy atom. The molecule has 0 bridgehead atoms. The van der Waals surface area contributed by atoms with Crippen molar-refractivity contribution in [2.24, 2.45) is 0 Å². The highest BCUT2D eigenvalue weighted by molar-refractivity contribution is 5.59. The predicted octanol–water partition coefficient (Wildman–Crippen LogP) is 3.86. The first-order valence-electron chi connectivity index (χ1n) is 6.56. The fourth-order valence-corrected chi connectivity index (χ4v) is 1.65. The molecule has 3 heteroatoms. The van der Waals surface area contributed by atoms with Gasteiger partial charge in [0, 0.05) is 12.6 Å². The quantitative estimate of drug-likeness (QED) is 0.532. The number of allylic oxidation sites excluding steroid dienone is 1. The summed E-state index contributed by atoms with van der Waals surface area (Å²) < 4.78 is 11.1. The molecule has 1 aromatic carbocycles. The van der Waals surface area contributed by atoms with Gasteiger partial charge in [0.05, 0.1) is 18.9 Å². The maximum atomic E-state index is 5.59. The summed E-state index contributed by atoms with van der Waals surface area (Å²) >= 11 is 0. The molecule has 0 aromatic heterocycles. The molecule has 0 saturated carbocycles. The third kappa shape index (κ3) is 4.70. The van der Waals surface area contributed by atoms with Crippen molar-refractivity contribution in [3.63, 3.8) is 0 Å². The van der Waals surface area contributed by atoms with Crippen molar-refractivity contribution < 1.29 is 9.47 Å². The van der Waals surface area contributed by atoms with Crippen molar-refractivity contribution in [3.05, 3.63) is 30.9 Å². The molecule has 0 spiro atoms. The van der Waals surface area contributed by atoms with Crippen LogP contribution in [-0.2, 0) is 0 Å². The summed E-state index contributed by atoms with van der Waals surface area (Å²) in [6.45, 7) is 9.92. The molecule has 0 aliphatic carbocycles. The number of benzene rings is 1. The lowest BCUT2D eigenvalue weighted by Crippen LogP contribution is -2.04. The average molecular weight is 249 g/mol. The van der Waals surface area contributed by atoms with Gasteiger partial charge in [0.2, 0.25) is 0 Å². The summed E-state index contributed by atoms with van der Waals surface area (Å²) in [5, 5.41) is 3.38. The SMILES string of the molecule is C=CCCCNc1cc(OCC)ccc1OCC. The summed E-state index contributed by atoms with van der Waals surface area (Å²) in [6.07, 6.45) is 4.01. The molecule has 0 saturated heterocycles. The zero-order chi connectivity index (χ0) is 13.2. The van der Waals surface area contributed by atoms with Gasteiger partial charge in [-0.1, -0.05) is 6.08 Å². The molecular weight excluding hydrogens is 226 g/mol. The minimum absolute atomic E-state index is 0.662. The van der Waals surface area contributed by atoms with E-state index in [2.05, 4.69) is 11.9 Å². The first-order valence-corrected chi connectivity index (χ1v) is 6.56. The number of ether oxygens (including phenoxy) is 2. The monoisotopic (exact) mass is 249 g/mol. The second-order valence-corrected chi connectivity index (χ2v) is 3.88. The predicted molar refractivity (Wildman–Crippen MR) is 76.7 cm³/mol. The number of unbranched alkanes of at least 4 members (excludes halogenated alkanes) is 1. The molecule has 0 amide bonds. The van der Waals surface area contributed by atoms with Gasteiger partial charge in [-0.15, -0.1) is 6.58 Å². The molecule has 100 valence electrons. The van der Waals surface area contributed by atoms with Crippen LogP contribution < -0.4 is 14.8 Å². The zero-order valence-corrected chi connectivity index (χ0v) is 11.4. The lowest BCUT2D eigenvalue weighted by atomic mass is 10.2. The van der Waals surface area contributed by atoms with E-state index in [0.717, 1.165) is 36.6 Å². The van der Waals surface area contributed by atoms with Crippen LogP contribution >= 0.6 is 0 Å². The van der Waals surface area contributed by atoms with E-state index in [1.165, 1.54) is 0 Å². The van der Waals surface area contributed by atoms with E-state index >= 15 is 0 Å². The fourth-order valence-electron chi connectivity index (χ4n) is 1.65. The average Bonchev–Trinajstić information content (AvgIpc) is 2.38. The van der Waals surface area contributed by atoms with E-state index in [1.807, 2.05) is 38.1 Å². The van der Waals surface area contributed by atoms with Gasteiger partial charge in [0.15, 0.2) is 0 Å². The van der Waals surface area contributed by atoms with Crippen LogP contribution in [0.3, 0.4) is 0 Å². The fraction of sp³-hybridized carbons (Fsp3) is 0.467. The molecule has 1 N–H and O–H groups in total. The third-order valence-electron chi connectivity index (χ3n) is 2.46. The number of rotatable bonds is 9. The first-order chi connectivity index (χ1) is 8.81. The Morgan fingerprint density at radius 1 is 1.22 bits per heavy atom. The van der Waals surface area contributed by atoms with E-state index in [0.29, 0.717) is 13.2 Å². The van der Waals surface area contributed by atoms with Crippen molar-refractivity contribution in [2.45, 2.75) is 26.7 Å². The molecule has 0 aliphatic heterocycles. The van der Waals surface area contributed by atoms with Crippen molar-refractivity contribution in [1.82, 2.24) is 0 Å². The Labute approximate surface area is 110 Å².